The van der Waals surface area contributed by atoms with Crippen LogP contribution in [0.4, 0.5) is 0 Å². The summed E-state index contributed by atoms with van der Waals surface area (Å²) in [7, 11) is 1.88. The second kappa shape index (κ2) is 9.99. The highest BCUT2D eigenvalue weighted by Gasteiger charge is 2.23. The smallest absolute Gasteiger partial charge is 0.317 e. The van der Waals surface area contributed by atoms with Crippen molar-refractivity contribution < 1.29 is 14.7 Å². The number of carbonyl (C=O) groups excluding carboxylic acids is 1. The largest absolute Gasteiger partial charge is 0.480 e. The Balaban J connectivity index is 1.67. The zero-order valence-electron chi connectivity index (χ0n) is 15.0. The molecule has 6 heteroatoms. The first-order valence-corrected chi connectivity index (χ1v) is 9.45. The van der Waals surface area contributed by atoms with Crippen molar-refractivity contribution in [2.75, 3.05) is 39.8 Å². The number of hydrogen-bond donors (Lipinski definition) is 2. The first-order chi connectivity index (χ1) is 11.5. The average molecular weight is 339 g/mol. The van der Waals surface area contributed by atoms with Crippen molar-refractivity contribution in [2.45, 2.75) is 57.4 Å². The van der Waals surface area contributed by atoms with Gasteiger partial charge in [0.15, 0.2) is 0 Å². The van der Waals surface area contributed by atoms with E-state index in [0.717, 1.165) is 38.9 Å². The molecular formula is C18H33N3O3. The molecule has 1 aliphatic heterocycles. The lowest BCUT2D eigenvalue weighted by atomic mass is 9.89. The highest BCUT2D eigenvalue weighted by Crippen LogP contribution is 2.22. The van der Waals surface area contributed by atoms with Crippen LogP contribution in [0.1, 0.15) is 51.4 Å². The van der Waals surface area contributed by atoms with Gasteiger partial charge in [0, 0.05) is 19.1 Å². The summed E-state index contributed by atoms with van der Waals surface area (Å²) in [5.74, 6) is 0.0273. The molecule has 6 nitrogen and oxygen atoms in total. The van der Waals surface area contributed by atoms with Gasteiger partial charge in [-0.25, -0.2) is 0 Å². The van der Waals surface area contributed by atoms with Gasteiger partial charge in [-0.3, -0.25) is 19.4 Å². The fourth-order valence-corrected chi connectivity index (χ4v) is 3.99. The molecule has 1 aliphatic carbocycles. The average Bonchev–Trinajstić information content (AvgIpc) is 2.79. The van der Waals surface area contributed by atoms with Crippen molar-refractivity contribution in [1.29, 1.82) is 0 Å². The highest BCUT2D eigenvalue weighted by atomic mass is 16.4. The Kier molecular flexibility index (Phi) is 7.99. The van der Waals surface area contributed by atoms with Crippen LogP contribution in [0.25, 0.3) is 0 Å². The molecule has 1 amide bonds. The van der Waals surface area contributed by atoms with E-state index in [1.54, 1.807) is 0 Å². The molecule has 2 fully saturated rings. The van der Waals surface area contributed by atoms with Crippen LogP contribution in [0.3, 0.4) is 0 Å². The van der Waals surface area contributed by atoms with Crippen molar-refractivity contribution in [1.82, 2.24) is 15.1 Å². The summed E-state index contributed by atoms with van der Waals surface area (Å²) >= 11 is 0. The van der Waals surface area contributed by atoms with Gasteiger partial charge in [-0.05, 0) is 51.6 Å². The monoisotopic (exact) mass is 339 g/mol. The normalized spacial score (nSPS) is 23.8. The highest BCUT2D eigenvalue weighted by molar-refractivity contribution is 5.78. The molecule has 1 saturated carbocycles. The number of carboxylic acids is 1. The number of rotatable bonds is 7. The lowest BCUT2D eigenvalue weighted by Crippen LogP contribution is -2.40. The molecule has 1 atom stereocenters. The summed E-state index contributed by atoms with van der Waals surface area (Å²) in [6, 6.07) is 0.302. The van der Waals surface area contributed by atoms with Crippen LogP contribution >= 0.6 is 0 Å². The van der Waals surface area contributed by atoms with Crippen molar-refractivity contribution >= 4 is 11.9 Å². The van der Waals surface area contributed by atoms with Crippen LogP contribution in [0, 0.1) is 5.92 Å². The Hall–Kier alpha value is -1.14. The third-order valence-corrected chi connectivity index (χ3v) is 5.48. The fraction of sp³-hybridized carbons (Fsp3) is 0.889. The minimum atomic E-state index is -0.777. The van der Waals surface area contributed by atoms with Gasteiger partial charge >= 0.3 is 5.97 Å². The number of likely N-dealkylation sites (N-methyl/N-ethyl adjacent to an activating group) is 1. The van der Waals surface area contributed by atoms with E-state index in [4.69, 9.17) is 5.11 Å². The summed E-state index contributed by atoms with van der Waals surface area (Å²) < 4.78 is 0. The number of carbonyl (C=O) groups is 2. The number of amides is 1. The quantitative estimate of drug-likeness (QED) is 0.736. The Morgan fingerprint density at radius 1 is 1.08 bits per heavy atom. The Bertz CT molecular complexity index is 410. The molecule has 2 rings (SSSR count). The van der Waals surface area contributed by atoms with Gasteiger partial charge in [0.2, 0.25) is 5.91 Å². The van der Waals surface area contributed by atoms with Crippen molar-refractivity contribution in [2.24, 2.45) is 5.92 Å². The molecule has 0 aromatic rings. The lowest BCUT2D eigenvalue weighted by molar-refractivity contribution is -0.138. The summed E-state index contributed by atoms with van der Waals surface area (Å²) in [5.41, 5.74) is 0. The van der Waals surface area contributed by atoms with Crippen LogP contribution in [0.15, 0.2) is 0 Å². The van der Waals surface area contributed by atoms with E-state index in [0.29, 0.717) is 18.5 Å². The predicted octanol–water partition coefficient (Wildman–Crippen LogP) is 1.55. The summed E-state index contributed by atoms with van der Waals surface area (Å²) in [4.78, 5) is 27.2. The number of nitrogens with one attached hydrogen (secondary N) is 1. The molecule has 138 valence electrons. The number of nitrogens with zero attached hydrogens (tertiary/aromatic N) is 2. The fourth-order valence-electron chi connectivity index (χ4n) is 3.99. The third-order valence-electron chi connectivity index (χ3n) is 5.48. The standard InChI is InChI=1S/C18H33N3O3/c1-20(14-18(23)24)16-8-5-10-21(11-9-16)13-17(22)19-12-15-6-3-2-4-7-15/h15-16H,2-14H2,1H3,(H,19,22)(H,23,24). The Morgan fingerprint density at radius 3 is 2.54 bits per heavy atom. The molecule has 1 unspecified atom stereocenters. The van der Waals surface area contributed by atoms with Crippen LogP contribution < -0.4 is 5.32 Å². The van der Waals surface area contributed by atoms with Crippen molar-refractivity contribution in [3.63, 3.8) is 0 Å². The minimum absolute atomic E-state index is 0.0898. The minimum Gasteiger partial charge on any atom is -0.480 e. The molecule has 24 heavy (non-hydrogen) atoms. The number of carboxylic acid groups (broad SMARTS) is 1. The maximum atomic E-state index is 12.2. The van der Waals surface area contributed by atoms with Crippen LogP contribution in [0.2, 0.25) is 0 Å². The van der Waals surface area contributed by atoms with E-state index in [1.807, 2.05) is 11.9 Å². The van der Waals surface area contributed by atoms with Crippen LogP contribution in [0.5, 0.6) is 0 Å². The van der Waals surface area contributed by atoms with E-state index in [-0.39, 0.29) is 12.5 Å². The van der Waals surface area contributed by atoms with Crippen LogP contribution in [-0.2, 0) is 9.59 Å². The molecule has 2 N–H and O–H groups in total. The molecule has 0 bridgehead atoms. The van der Waals surface area contributed by atoms with E-state index in [9.17, 15) is 9.59 Å². The van der Waals surface area contributed by atoms with Gasteiger partial charge in [-0.1, -0.05) is 19.3 Å². The molecule has 0 spiro atoms. The van der Waals surface area contributed by atoms with E-state index < -0.39 is 5.97 Å². The van der Waals surface area contributed by atoms with E-state index >= 15 is 0 Å². The first kappa shape index (κ1) is 19.2. The lowest BCUT2D eigenvalue weighted by Gasteiger charge is -2.26. The number of hydrogen-bond acceptors (Lipinski definition) is 4. The molecule has 1 saturated heterocycles. The van der Waals surface area contributed by atoms with Gasteiger partial charge in [0.1, 0.15) is 0 Å². The molecule has 2 aliphatic rings. The maximum Gasteiger partial charge on any atom is 0.317 e. The van der Waals surface area contributed by atoms with E-state index in [1.165, 1.54) is 32.1 Å². The molecule has 0 radical (unpaired) electrons. The van der Waals surface area contributed by atoms with E-state index in [2.05, 4.69) is 10.2 Å². The topological polar surface area (TPSA) is 72.9 Å². The van der Waals surface area contributed by atoms with Gasteiger partial charge in [0.25, 0.3) is 0 Å². The summed E-state index contributed by atoms with van der Waals surface area (Å²) in [5, 5.41) is 12.0. The van der Waals surface area contributed by atoms with Gasteiger partial charge in [-0.15, -0.1) is 0 Å². The first-order valence-electron chi connectivity index (χ1n) is 9.45. The third kappa shape index (κ3) is 6.77. The SMILES string of the molecule is CN(CC(=O)O)C1CCCN(CC(=O)NCC2CCCCC2)CC1. The maximum absolute atomic E-state index is 12.2. The molecule has 1 heterocycles. The summed E-state index contributed by atoms with van der Waals surface area (Å²) in [6.07, 6.45) is 9.41. The second-order valence-electron chi connectivity index (χ2n) is 7.48. The Morgan fingerprint density at radius 2 is 1.83 bits per heavy atom. The number of likely N-dealkylation sites (tertiary alicyclic amines) is 1. The van der Waals surface area contributed by atoms with Crippen molar-refractivity contribution in [3.8, 4) is 0 Å². The molecular weight excluding hydrogens is 306 g/mol. The Labute approximate surface area is 145 Å². The molecule has 0 aromatic heterocycles. The van der Waals surface area contributed by atoms with Gasteiger partial charge in [-0.2, -0.15) is 0 Å². The zero-order chi connectivity index (χ0) is 17.4. The number of aliphatic carboxylic acids is 1. The zero-order valence-corrected chi connectivity index (χ0v) is 15.0. The summed E-state index contributed by atoms with van der Waals surface area (Å²) in [6.45, 7) is 3.19. The van der Waals surface area contributed by atoms with Gasteiger partial charge in [0.05, 0.1) is 13.1 Å². The second-order valence-corrected chi connectivity index (χ2v) is 7.48. The van der Waals surface area contributed by atoms with Crippen molar-refractivity contribution in [3.05, 3.63) is 0 Å². The molecule has 0 aromatic carbocycles. The predicted molar refractivity (Wildman–Crippen MR) is 93.9 cm³/mol. The van der Waals surface area contributed by atoms with Crippen LogP contribution in [-0.4, -0.2) is 72.6 Å². The van der Waals surface area contributed by atoms with Gasteiger partial charge < -0.3 is 10.4 Å².